The number of fused-ring (bicyclic) bond motifs is 5. The minimum atomic E-state index is 1.10. The summed E-state index contributed by atoms with van der Waals surface area (Å²) in [5, 5.41) is 5.11. The zero-order valence-corrected chi connectivity index (χ0v) is 26.4. The number of nitrogens with zero attached hydrogens (tertiary/aromatic N) is 2. The summed E-state index contributed by atoms with van der Waals surface area (Å²) in [7, 11) is 0. The van der Waals surface area contributed by atoms with E-state index in [4.69, 9.17) is 0 Å². The molecule has 226 valence electrons. The molecule has 2 heteroatoms. The lowest BCUT2D eigenvalue weighted by Gasteiger charge is -2.28. The smallest absolute Gasteiger partial charge is 0.0547 e. The summed E-state index contributed by atoms with van der Waals surface area (Å²) < 4.78 is 2.40. The summed E-state index contributed by atoms with van der Waals surface area (Å²) >= 11 is 0. The maximum atomic E-state index is 2.40. The predicted octanol–water partition coefficient (Wildman–Crippen LogP) is 12.7. The zero-order chi connectivity index (χ0) is 31.9. The van der Waals surface area contributed by atoms with E-state index in [9.17, 15) is 0 Å². The molecule has 0 unspecified atom stereocenters. The van der Waals surface area contributed by atoms with Crippen molar-refractivity contribution in [2.45, 2.75) is 0 Å². The van der Waals surface area contributed by atoms with E-state index in [2.05, 4.69) is 204 Å². The third kappa shape index (κ3) is 4.74. The molecule has 0 spiro atoms. The molecule has 0 atom stereocenters. The minimum absolute atomic E-state index is 1.10. The zero-order valence-electron chi connectivity index (χ0n) is 26.4. The maximum absolute atomic E-state index is 2.40. The Bertz CT molecular complexity index is 2530. The highest BCUT2D eigenvalue weighted by atomic mass is 15.1. The van der Waals surface area contributed by atoms with Crippen molar-refractivity contribution in [3.63, 3.8) is 0 Å². The van der Waals surface area contributed by atoms with Gasteiger partial charge >= 0.3 is 0 Å². The summed E-state index contributed by atoms with van der Waals surface area (Å²) in [5.74, 6) is 0. The SMILES string of the molecule is c1ccc(-c2ccc(N(c3ccccc3)c3ccc(-n4c5ccccc5c5c6ccccc6ccc54)cc3)c(-c3ccccc3)c2)cc1. The average molecular weight is 613 g/mol. The molecule has 0 saturated heterocycles. The summed E-state index contributed by atoms with van der Waals surface area (Å²) in [5.41, 5.74) is 11.7. The molecule has 48 heavy (non-hydrogen) atoms. The first-order valence-corrected chi connectivity index (χ1v) is 16.4. The Morgan fingerprint density at radius 2 is 0.979 bits per heavy atom. The van der Waals surface area contributed by atoms with Crippen molar-refractivity contribution < 1.29 is 0 Å². The van der Waals surface area contributed by atoms with Gasteiger partial charge in [0.05, 0.1) is 16.7 Å². The third-order valence-corrected chi connectivity index (χ3v) is 9.37. The van der Waals surface area contributed by atoms with Gasteiger partial charge in [-0.2, -0.15) is 0 Å². The molecule has 0 aliphatic rings. The highest BCUT2D eigenvalue weighted by Gasteiger charge is 2.19. The van der Waals surface area contributed by atoms with Gasteiger partial charge in [0.1, 0.15) is 0 Å². The predicted molar refractivity (Wildman–Crippen MR) is 204 cm³/mol. The van der Waals surface area contributed by atoms with E-state index in [0.717, 1.165) is 22.7 Å². The fourth-order valence-corrected chi connectivity index (χ4v) is 7.16. The van der Waals surface area contributed by atoms with E-state index in [1.54, 1.807) is 0 Å². The van der Waals surface area contributed by atoms with E-state index in [0.29, 0.717) is 0 Å². The second-order valence-corrected chi connectivity index (χ2v) is 12.2. The largest absolute Gasteiger partial charge is 0.310 e. The monoisotopic (exact) mass is 612 g/mol. The number of hydrogen-bond donors (Lipinski definition) is 0. The first-order chi connectivity index (χ1) is 23.8. The van der Waals surface area contributed by atoms with E-state index in [1.807, 2.05) is 0 Å². The fraction of sp³-hybridized carbons (Fsp3) is 0. The molecule has 0 fully saturated rings. The Balaban J connectivity index is 1.22. The first kappa shape index (κ1) is 27.9. The van der Waals surface area contributed by atoms with Crippen LogP contribution in [0.4, 0.5) is 17.1 Å². The van der Waals surface area contributed by atoms with Crippen molar-refractivity contribution in [2.24, 2.45) is 0 Å². The minimum Gasteiger partial charge on any atom is -0.310 e. The molecule has 0 aliphatic carbocycles. The number of para-hydroxylation sites is 2. The van der Waals surface area contributed by atoms with Crippen LogP contribution in [-0.4, -0.2) is 4.57 Å². The van der Waals surface area contributed by atoms with Gasteiger partial charge in [-0.1, -0.05) is 133 Å². The van der Waals surface area contributed by atoms with Gasteiger partial charge in [-0.25, -0.2) is 0 Å². The lowest BCUT2D eigenvalue weighted by molar-refractivity contribution is 1.17. The van der Waals surface area contributed by atoms with Gasteiger partial charge in [-0.3, -0.25) is 0 Å². The second-order valence-electron chi connectivity index (χ2n) is 12.2. The van der Waals surface area contributed by atoms with Crippen LogP contribution in [0.2, 0.25) is 0 Å². The molecule has 0 radical (unpaired) electrons. The third-order valence-electron chi connectivity index (χ3n) is 9.37. The molecular weight excluding hydrogens is 581 g/mol. The first-order valence-electron chi connectivity index (χ1n) is 16.4. The van der Waals surface area contributed by atoms with E-state index in [-0.39, 0.29) is 0 Å². The van der Waals surface area contributed by atoms with Gasteiger partial charge in [0.25, 0.3) is 0 Å². The van der Waals surface area contributed by atoms with Gasteiger partial charge in [0.2, 0.25) is 0 Å². The molecule has 0 amide bonds. The average Bonchev–Trinajstić information content (AvgIpc) is 3.51. The van der Waals surface area contributed by atoms with Gasteiger partial charge in [-0.05, 0) is 88.1 Å². The molecule has 0 aliphatic heterocycles. The summed E-state index contributed by atoms with van der Waals surface area (Å²) in [4.78, 5) is 2.38. The molecule has 0 N–H and O–H groups in total. The van der Waals surface area contributed by atoms with Crippen LogP contribution >= 0.6 is 0 Å². The number of aromatic nitrogens is 1. The van der Waals surface area contributed by atoms with Crippen LogP contribution in [0.5, 0.6) is 0 Å². The maximum Gasteiger partial charge on any atom is 0.0547 e. The van der Waals surface area contributed by atoms with Crippen LogP contribution in [0.1, 0.15) is 0 Å². The number of benzene rings is 8. The van der Waals surface area contributed by atoms with E-state index in [1.165, 1.54) is 54.8 Å². The lowest BCUT2D eigenvalue weighted by Crippen LogP contribution is -2.11. The Hall–Kier alpha value is -6.38. The molecule has 1 aromatic heterocycles. The summed E-state index contributed by atoms with van der Waals surface area (Å²) in [6.07, 6.45) is 0. The molecule has 2 nitrogen and oxygen atoms in total. The fourth-order valence-electron chi connectivity index (χ4n) is 7.16. The highest BCUT2D eigenvalue weighted by molar-refractivity contribution is 6.21. The summed E-state index contributed by atoms with van der Waals surface area (Å²) in [6, 6.07) is 69.8. The Kier molecular flexibility index (Phi) is 6.84. The van der Waals surface area contributed by atoms with Crippen molar-refractivity contribution in [1.29, 1.82) is 0 Å². The standard InChI is InChI=1S/C46H32N2/c1-4-14-33(15-5-1)36-25-30-44(42(32-36)34-16-6-2-7-17-34)47(37-19-8-3-9-20-37)38-26-28-39(29-27-38)48-43-23-13-12-22-41(43)46-40-21-11-10-18-35(40)24-31-45(46)48/h1-32H. The van der Waals surface area contributed by atoms with Crippen LogP contribution in [0.3, 0.4) is 0 Å². The number of rotatable bonds is 6. The highest BCUT2D eigenvalue weighted by Crippen LogP contribution is 2.43. The lowest BCUT2D eigenvalue weighted by atomic mass is 9.96. The molecule has 0 saturated carbocycles. The molecule has 1 heterocycles. The Labute approximate surface area is 280 Å². The van der Waals surface area contributed by atoms with E-state index < -0.39 is 0 Å². The molecular formula is C46H32N2. The summed E-state index contributed by atoms with van der Waals surface area (Å²) in [6.45, 7) is 0. The van der Waals surface area contributed by atoms with Gasteiger partial charge in [-0.15, -0.1) is 0 Å². The van der Waals surface area contributed by atoms with Gasteiger partial charge < -0.3 is 9.47 Å². The molecule has 9 aromatic rings. The van der Waals surface area contributed by atoms with Crippen molar-refractivity contribution in [3.8, 4) is 27.9 Å². The molecule has 0 bridgehead atoms. The number of hydrogen-bond acceptors (Lipinski definition) is 1. The van der Waals surface area contributed by atoms with Crippen molar-refractivity contribution in [3.05, 3.63) is 194 Å². The number of anilines is 3. The Morgan fingerprint density at radius 1 is 0.375 bits per heavy atom. The Morgan fingerprint density at radius 3 is 1.73 bits per heavy atom. The molecule has 9 rings (SSSR count). The quantitative estimate of drug-likeness (QED) is 0.181. The van der Waals surface area contributed by atoms with E-state index >= 15 is 0 Å². The molecule has 8 aromatic carbocycles. The second kappa shape index (κ2) is 11.8. The van der Waals surface area contributed by atoms with Crippen LogP contribution in [-0.2, 0) is 0 Å². The topological polar surface area (TPSA) is 8.17 Å². The van der Waals surface area contributed by atoms with Crippen molar-refractivity contribution >= 4 is 49.6 Å². The van der Waals surface area contributed by atoms with Crippen LogP contribution in [0, 0.1) is 0 Å². The van der Waals surface area contributed by atoms with Gasteiger partial charge in [0.15, 0.2) is 0 Å². The van der Waals surface area contributed by atoms with Crippen molar-refractivity contribution in [1.82, 2.24) is 4.57 Å². The normalized spacial score (nSPS) is 11.3. The van der Waals surface area contributed by atoms with Gasteiger partial charge in [0, 0.05) is 33.4 Å². The van der Waals surface area contributed by atoms with Crippen LogP contribution in [0.25, 0.3) is 60.5 Å². The van der Waals surface area contributed by atoms with Crippen molar-refractivity contribution in [2.75, 3.05) is 4.90 Å². The van der Waals surface area contributed by atoms with Crippen LogP contribution < -0.4 is 4.90 Å². The van der Waals surface area contributed by atoms with Crippen LogP contribution in [0.15, 0.2) is 194 Å².